The van der Waals surface area contributed by atoms with Gasteiger partial charge in [-0.1, -0.05) is 12.1 Å². The van der Waals surface area contributed by atoms with Crippen LogP contribution < -0.4 is 16.4 Å². The van der Waals surface area contributed by atoms with Crippen LogP contribution in [0.15, 0.2) is 46.9 Å². The Bertz CT molecular complexity index is 661. The first-order chi connectivity index (χ1) is 9.95. The van der Waals surface area contributed by atoms with Crippen LogP contribution in [0.5, 0.6) is 0 Å². The Morgan fingerprint density at radius 1 is 1.19 bits per heavy atom. The molecule has 110 valence electrons. The fourth-order valence-electron chi connectivity index (χ4n) is 1.77. The lowest BCUT2D eigenvalue weighted by atomic mass is 10.1. The van der Waals surface area contributed by atoms with Gasteiger partial charge in [0.15, 0.2) is 0 Å². The Morgan fingerprint density at radius 2 is 1.86 bits per heavy atom. The standard InChI is InChI=1S/C15H15BrFN3O/c1-9(18)10-3-2-4-11(7-10)19-15(21)20-12-5-6-13(16)14(17)8-12/h2-9H,18H2,1H3,(H2,19,20,21). The molecular formula is C15H15BrFN3O. The minimum Gasteiger partial charge on any atom is -0.324 e. The van der Waals surface area contributed by atoms with Crippen molar-refractivity contribution < 1.29 is 9.18 Å². The van der Waals surface area contributed by atoms with E-state index < -0.39 is 11.8 Å². The van der Waals surface area contributed by atoms with Gasteiger partial charge in [-0.2, -0.15) is 0 Å². The van der Waals surface area contributed by atoms with Gasteiger partial charge in [-0.3, -0.25) is 0 Å². The van der Waals surface area contributed by atoms with E-state index in [1.165, 1.54) is 12.1 Å². The monoisotopic (exact) mass is 351 g/mol. The number of urea groups is 1. The summed E-state index contributed by atoms with van der Waals surface area (Å²) < 4.78 is 13.7. The Labute approximate surface area is 130 Å². The summed E-state index contributed by atoms with van der Waals surface area (Å²) >= 11 is 3.06. The fraction of sp³-hybridized carbons (Fsp3) is 0.133. The third kappa shape index (κ3) is 4.27. The first-order valence-electron chi connectivity index (χ1n) is 6.34. The van der Waals surface area contributed by atoms with Gasteiger partial charge in [-0.05, 0) is 58.7 Å². The predicted molar refractivity (Wildman–Crippen MR) is 85.8 cm³/mol. The fourth-order valence-corrected chi connectivity index (χ4v) is 2.01. The van der Waals surface area contributed by atoms with E-state index in [2.05, 4.69) is 26.6 Å². The molecule has 0 saturated carbocycles. The zero-order valence-electron chi connectivity index (χ0n) is 11.4. The summed E-state index contributed by atoms with van der Waals surface area (Å²) in [6, 6.07) is 11.1. The van der Waals surface area contributed by atoms with Crippen LogP contribution in [0.25, 0.3) is 0 Å². The number of amides is 2. The van der Waals surface area contributed by atoms with E-state index >= 15 is 0 Å². The number of rotatable bonds is 3. The highest BCUT2D eigenvalue weighted by Crippen LogP contribution is 2.20. The maximum atomic E-state index is 13.4. The summed E-state index contributed by atoms with van der Waals surface area (Å²) in [5.74, 6) is -0.438. The molecule has 0 aromatic heterocycles. The quantitative estimate of drug-likeness (QED) is 0.773. The maximum Gasteiger partial charge on any atom is 0.323 e. The van der Waals surface area contributed by atoms with Crippen molar-refractivity contribution in [1.82, 2.24) is 0 Å². The molecule has 2 aromatic rings. The Morgan fingerprint density at radius 3 is 2.48 bits per heavy atom. The Kier molecular flexibility index (Phi) is 4.93. The molecule has 1 atom stereocenters. The molecule has 4 nitrogen and oxygen atoms in total. The molecule has 2 rings (SSSR count). The molecular weight excluding hydrogens is 337 g/mol. The number of carbonyl (C=O) groups excluding carboxylic acids is 1. The van der Waals surface area contributed by atoms with Crippen molar-refractivity contribution in [2.75, 3.05) is 10.6 Å². The van der Waals surface area contributed by atoms with Crippen LogP contribution >= 0.6 is 15.9 Å². The van der Waals surface area contributed by atoms with Crippen LogP contribution in [0.4, 0.5) is 20.6 Å². The van der Waals surface area contributed by atoms with Gasteiger partial charge < -0.3 is 16.4 Å². The van der Waals surface area contributed by atoms with E-state index in [1.54, 1.807) is 18.2 Å². The molecule has 0 aliphatic heterocycles. The molecule has 21 heavy (non-hydrogen) atoms. The molecule has 0 bridgehead atoms. The molecule has 0 saturated heterocycles. The Balaban J connectivity index is 2.04. The number of hydrogen-bond acceptors (Lipinski definition) is 2. The van der Waals surface area contributed by atoms with Crippen molar-refractivity contribution in [1.29, 1.82) is 0 Å². The summed E-state index contributed by atoms with van der Waals surface area (Å²) in [7, 11) is 0. The number of anilines is 2. The smallest absolute Gasteiger partial charge is 0.323 e. The van der Waals surface area contributed by atoms with Crippen molar-refractivity contribution in [3.63, 3.8) is 0 Å². The molecule has 0 heterocycles. The molecule has 0 fully saturated rings. The molecule has 1 unspecified atom stereocenters. The largest absolute Gasteiger partial charge is 0.324 e. The van der Waals surface area contributed by atoms with E-state index in [0.717, 1.165) is 5.56 Å². The molecule has 0 spiro atoms. The second-order valence-corrected chi connectivity index (χ2v) is 5.48. The summed E-state index contributed by atoms with van der Waals surface area (Å²) in [5, 5.41) is 5.24. The SMILES string of the molecule is CC(N)c1cccc(NC(=O)Nc2ccc(Br)c(F)c2)c1. The number of nitrogens with two attached hydrogens (primary N) is 1. The summed E-state index contributed by atoms with van der Waals surface area (Å²) in [6.07, 6.45) is 0. The summed E-state index contributed by atoms with van der Waals surface area (Å²) in [6.45, 7) is 1.86. The van der Waals surface area contributed by atoms with Gasteiger partial charge >= 0.3 is 6.03 Å². The van der Waals surface area contributed by atoms with Crippen LogP contribution in [-0.4, -0.2) is 6.03 Å². The summed E-state index contributed by atoms with van der Waals surface area (Å²) in [4.78, 5) is 11.9. The first-order valence-corrected chi connectivity index (χ1v) is 7.13. The topological polar surface area (TPSA) is 67.1 Å². The lowest BCUT2D eigenvalue weighted by Gasteiger charge is -2.11. The molecule has 2 amide bonds. The van der Waals surface area contributed by atoms with Crippen molar-refractivity contribution in [3.8, 4) is 0 Å². The van der Waals surface area contributed by atoms with Crippen molar-refractivity contribution in [2.24, 2.45) is 5.73 Å². The second-order valence-electron chi connectivity index (χ2n) is 4.62. The van der Waals surface area contributed by atoms with E-state index in [0.29, 0.717) is 15.8 Å². The van der Waals surface area contributed by atoms with Crippen molar-refractivity contribution in [3.05, 3.63) is 58.3 Å². The summed E-state index contributed by atoms with van der Waals surface area (Å²) in [5.41, 5.74) is 7.71. The number of halogens is 2. The Hall–Kier alpha value is -1.92. The van der Waals surface area contributed by atoms with Crippen LogP contribution in [0.2, 0.25) is 0 Å². The van der Waals surface area contributed by atoms with E-state index in [9.17, 15) is 9.18 Å². The predicted octanol–water partition coefficient (Wildman–Crippen LogP) is 4.25. The highest BCUT2D eigenvalue weighted by atomic mass is 79.9. The van der Waals surface area contributed by atoms with Crippen molar-refractivity contribution in [2.45, 2.75) is 13.0 Å². The number of hydrogen-bond donors (Lipinski definition) is 3. The zero-order valence-corrected chi connectivity index (χ0v) is 12.9. The number of benzene rings is 2. The number of carbonyl (C=O) groups is 1. The average Bonchev–Trinajstić information content (AvgIpc) is 2.43. The van der Waals surface area contributed by atoms with Gasteiger partial charge in [-0.15, -0.1) is 0 Å². The number of nitrogens with one attached hydrogen (secondary N) is 2. The van der Waals surface area contributed by atoms with Gasteiger partial charge in [0.05, 0.1) is 4.47 Å². The van der Waals surface area contributed by atoms with E-state index in [4.69, 9.17) is 5.73 Å². The zero-order chi connectivity index (χ0) is 15.4. The highest BCUT2D eigenvalue weighted by molar-refractivity contribution is 9.10. The van der Waals surface area contributed by atoms with E-state index in [-0.39, 0.29) is 6.04 Å². The van der Waals surface area contributed by atoms with Crippen LogP contribution in [0, 0.1) is 5.82 Å². The minimum absolute atomic E-state index is 0.115. The van der Waals surface area contributed by atoms with Gasteiger partial charge in [0, 0.05) is 17.4 Å². The van der Waals surface area contributed by atoms with Gasteiger partial charge in [-0.25, -0.2) is 9.18 Å². The second kappa shape index (κ2) is 6.69. The van der Waals surface area contributed by atoms with Gasteiger partial charge in [0.1, 0.15) is 5.82 Å². The molecule has 2 aromatic carbocycles. The van der Waals surface area contributed by atoms with Gasteiger partial charge in [0.25, 0.3) is 0 Å². The van der Waals surface area contributed by atoms with Crippen LogP contribution in [0.3, 0.4) is 0 Å². The molecule has 0 radical (unpaired) electrons. The highest BCUT2D eigenvalue weighted by Gasteiger charge is 2.06. The average molecular weight is 352 g/mol. The first kappa shape index (κ1) is 15.5. The molecule has 6 heteroatoms. The molecule has 0 aliphatic rings. The van der Waals surface area contributed by atoms with Crippen LogP contribution in [0.1, 0.15) is 18.5 Å². The molecule has 4 N–H and O–H groups in total. The molecule has 0 aliphatic carbocycles. The minimum atomic E-state index is -0.446. The maximum absolute atomic E-state index is 13.4. The lowest BCUT2D eigenvalue weighted by Crippen LogP contribution is -2.19. The van der Waals surface area contributed by atoms with Crippen molar-refractivity contribution >= 4 is 33.3 Å². The van der Waals surface area contributed by atoms with Crippen LogP contribution in [-0.2, 0) is 0 Å². The normalized spacial score (nSPS) is 11.8. The van der Waals surface area contributed by atoms with Gasteiger partial charge in [0.2, 0.25) is 0 Å². The van der Waals surface area contributed by atoms with E-state index in [1.807, 2.05) is 19.1 Å². The third-order valence-electron chi connectivity index (χ3n) is 2.85. The lowest BCUT2D eigenvalue weighted by molar-refractivity contribution is 0.262. The third-order valence-corrected chi connectivity index (χ3v) is 3.49.